The third-order valence-electron chi connectivity index (χ3n) is 5.67. The van der Waals surface area contributed by atoms with Crippen LogP contribution < -0.4 is 10.2 Å². The minimum Gasteiger partial charge on any atom is -0.369 e. The molecule has 6 nitrogen and oxygen atoms in total. The number of benzene rings is 2. The van der Waals surface area contributed by atoms with E-state index in [4.69, 9.17) is 0 Å². The van der Waals surface area contributed by atoms with E-state index in [2.05, 4.69) is 40.1 Å². The summed E-state index contributed by atoms with van der Waals surface area (Å²) in [6.07, 6.45) is 6.96. The number of hydrogen-bond donors (Lipinski definition) is 1. The summed E-state index contributed by atoms with van der Waals surface area (Å²) in [5.41, 5.74) is 5.09. The van der Waals surface area contributed by atoms with Gasteiger partial charge in [0.05, 0.1) is 11.9 Å². The second-order valence-corrected chi connectivity index (χ2v) is 7.80. The summed E-state index contributed by atoms with van der Waals surface area (Å²) in [5, 5.41) is 7.31. The Morgan fingerprint density at radius 2 is 1.87 bits per heavy atom. The molecule has 6 heteroatoms. The fraction of sp³-hybridized carbons (Fsp3) is 0.280. The third kappa shape index (κ3) is 5.22. The predicted molar refractivity (Wildman–Crippen MR) is 127 cm³/mol. The van der Waals surface area contributed by atoms with Crippen molar-refractivity contribution in [1.82, 2.24) is 14.7 Å². The topological polar surface area (TPSA) is 53.4 Å². The van der Waals surface area contributed by atoms with E-state index in [1.54, 1.807) is 23.0 Å². The van der Waals surface area contributed by atoms with Crippen molar-refractivity contribution < 1.29 is 4.79 Å². The van der Waals surface area contributed by atoms with Crippen LogP contribution in [0.5, 0.6) is 0 Å². The summed E-state index contributed by atoms with van der Waals surface area (Å²) in [6.45, 7) is 9.70. The number of aromatic nitrogens is 2. The van der Waals surface area contributed by atoms with Crippen LogP contribution >= 0.6 is 0 Å². The number of carbonyl (C=O) groups excluding carboxylic acids is 1. The van der Waals surface area contributed by atoms with Crippen molar-refractivity contribution >= 4 is 23.4 Å². The maximum absolute atomic E-state index is 12.4. The van der Waals surface area contributed by atoms with E-state index in [1.807, 2.05) is 48.7 Å². The van der Waals surface area contributed by atoms with Crippen LogP contribution in [0.4, 0.5) is 11.4 Å². The van der Waals surface area contributed by atoms with Gasteiger partial charge in [0.15, 0.2) is 0 Å². The molecule has 1 fully saturated rings. The summed E-state index contributed by atoms with van der Waals surface area (Å²) in [6, 6.07) is 16.0. The molecule has 3 aromatic rings. The average molecular weight is 416 g/mol. The molecule has 160 valence electrons. The molecule has 0 radical (unpaired) electrons. The fourth-order valence-electron chi connectivity index (χ4n) is 3.89. The number of rotatable bonds is 6. The summed E-state index contributed by atoms with van der Waals surface area (Å²) in [7, 11) is 0. The van der Waals surface area contributed by atoms with Crippen LogP contribution in [0.25, 0.3) is 11.8 Å². The molecule has 0 unspecified atom stereocenters. The number of piperazine rings is 1. The highest BCUT2D eigenvalue weighted by atomic mass is 16.1. The van der Waals surface area contributed by atoms with Gasteiger partial charge in [-0.1, -0.05) is 25.1 Å². The molecule has 31 heavy (non-hydrogen) atoms. The van der Waals surface area contributed by atoms with Crippen molar-refractivity contribution in [2.75, 3.05) is 42.9 Å². The molecule has 2 aromatic carbocycles. The molecule has 0 bridgehead atoms. The van der Waals surface area contributed by atoms with E-state index < -0.39 is 0 Å². The SMILES string of the molecule is CCN1CCN(c2ccc(NC(=O)/C=C/c3cnn(-c4ccccc4)c3)cc2C)CC1. The Kier molecular flexibility index (Phi) is 6.48. The summed E-state index contributed by atoms with van der Waals surface area (Å²) < 4.78 is 1.79. The number of likely N-dealkylation sites (N-methyl/N-ethyl adjacent to an activating group) is 1. The van der Waals surface area contributed by atoms with Gasteiger partial charge in [-0.05, 0) is 55.4 Å². The van der Waals surface area contributed by atoms with Crippen LogP contribution in [-0.2, 0) is 4.79 Å². The van der Waals surface area contributed by atoms with Crippen molar-refractivity contribution in [1.29, 1.82) is 0 Å². The van der Waals surface area contributed by atoms with Gasteiger partial charge in [-0.2, -0.15) is 5.10 Å². The summed E-state index contributed by atoms with van der Waals surface area (Å²) in [4.78, 5) is 17.3. The Morgan fingerprint density at radius 1 is 1.10 bits per heavy atom. The van der Waals surface area contributed by atoms with E-state index in [9.17, 15) is 4.79 Å². The lowest BCUT2D eigenvalue weighted by Gasteiger charge is -2.36. The van der Waals surface area contributed by atoms with Gasteiger partial charge in [0.1, 0.15) is 0 Å². The standard InChI is InChI=1S/C25H29N5O/c1-3-28-13-15-29(16-14-28)24-11-10-22(17-20(24)2)27-25(31)12-9-21-18-26-30(19-21)23-7-5-4-6-8-23/h4-12,17-19H,3,13-16H2,1-2H3,(H,27,31)/b12-9+. The molecule has 0 atom stereocenters. The smallest absolute Gasteiger partial charge is 0.248 e. The van der Waals surface area contributed by atoms with Crippen molar-refractivity contribution in [2.24, 2.45) is 0 Å². The highest BCUT2D eigenvalue weighted by molar-refractivity contribution is 6.02. The third-order valence-corrected chi connectivity index (χ3v) is 5.67. The van der Waals surface area contributed by atoms with Crippen LogP contribution in [0.15, 0.2) is 67.0 Å². The number of para-hydroxylation sites is 1. The van der Waals surface area contributed by atoms with Crippen LogP contribution in [0.2, 0.25) is 0 Å². The van der Waals surface area contributed by atoms with Gasteiger partial charge in [0.25, 0.3) is 0 Å². The van der Waals surface area contributed by atoms with E-state index in [1.165, 1.54) is 11.3 Å². The molecule has 1 amide bonds. The lowest BCUT2D eigenvalue weighted by Crippen LogP contribution is -2.46. The molecule has 1 aromatic heterocycles. The number of aryl methyl sites for hydroxylation is 1. The van der Waals surface area contributed by atoms with Gasteiger partial charge in [-0.15, -0.1) is 0 Å². The van der Waals surface area contributed by atoms with E-state index >= 15 is 0 Å². The van der Waals surface area contributed by atoms with Gasteiger partial charge in [-0.3, -0.25) is 4.79 Å². The molecule has 1 saturated heterocycles. The van der Waals surface area contributed by atoms with Crippen LogP contribution in [0.3, 0.4) is 0 Å². The van der Waals surface area contributed by atoms with E-state index in [0.717, 1.165) is 49.7 Å². The number of anilines is 2. The van der Waals surface area contributed by atoms with Crippen molar-refractivity contribution in [3.8, 4) is 5.69 Å². The molecule has 0 aliphatic carbocycles. The lowest BCUT2D eigenvalue weighted by molar-refractivity contribution is -0.111. The molecule has 1 aliphatic rings. The van der Waals surface area contributed by atoms with Crippen molar-refractivity contribution in [3.05, 3.63) is 78.1 Å². The molecular formula is C25H29N5O. The first-order chi connectivity index (χ1) is 15.1. The maximum atomic E-state index is 12.4. The maximum Gasteiger partial charge on any atom is 0.248 e. The predicted octanol–water partition coefficient (Wildman–Crippen LogP) is 3.97. The molecular weight excluding hydrogens is 386 g/mol. The number of hydrogen-bond acceptors (Lipinski definition) is 4. The second-order valence-electron chi connectivity index (χ2n) is 7.80. The lowest BCUT2D eigenvalue weighted by atomic mass is 10.1. The Bertz CT molecular complexity index is 1050. The first-order valence-electron chi connectivity index (χ1n) is 10.8. The quantitative estimate of drug-likeness (QED) is 0.619. The molecule has 1 N–H and O–H groups in total. The number of nitrogens with zero attached hydrogens (tertiary/aromatic N) is 4. The average Bonchev–Trinajstić information content (AvgIpc) is 3.28. The zero-order chi connectivity index (χ0) is 21.6. The minimum atomic E-state index is -0.156. The molecule has 4 rings (SSSR count). The zero-order valence-corrected chi connectivity index (χ0v) is 18.2. The second kappa shape index (κ2) is 9.62. The van der Waals surface area contributed by atoms with Crippen LogP contribution in [0.1, 0.15) is 18.1 Å². The largest absolute Gasteiger partial charge is 0.369 e. The Labute approximate surface area is 183 Å². The minimum absolute atomic E-state index is 0.156. The fourth-order valence-corrected chi connectivity index (χ4v) is 3.89. The van der Waals surface area contributed by atoms with Gasteiger partial charge < -0.3 is 15.1 Å². The van der Waals surface area contributed by atoms with E-state index in [0.29, 0.717) is 0 Å². The Morgan fingerprint density at radius 3 is 2.58 bits per heavy atom. The van der Waals surface area contributed by atoms with E-state index in [-0.39, 0.29) is 5.91 Å². The highest BCUT2D eigenvalue weighted by Crippen LogP contribution is 2.25. The van der Waals surface area contributed by atoms with Gasteiger partial charge in [-0.25, -0.2) is 4.68 Å². The number of carbonyl (C=O) groups is 1. The molecule has 0 spiro atoms. The number of nitrogens with one attached hydrogen (secondary N) is 1. The highest BCUT2D eigenvalue weighted by Gasteiger charge is 2.17. The van der Waals surface area contributed by atoms with Gasteiger partial charge >= 0.3 is 0 Å². The molecule has 0 saturated carbocycles. The summed E-state index contributed by atoms with van der Waals surface area (Å²) in [5.74, 6) is -0.156. The van der Waals surface area contributed by atoms with Crippen LogP contribution in [0, 0.1) is 6.92 Å². The molecule has 2 heterocycles. The van der Waals surface area contributed by atoms with Crippen LogP contribution in [-0.4, -0.2) is 53.3 Å². The van der Waals surface area contributed by atoms with Crippen molar-refractivity contribution in [2.45, 2.75) is 13.8 Å². The number of amides is 1. The Hall–Kier alpha value is -3.38. The zero-order valence-electron chi connectivity index (χ0n) is 18.2. The Balaban J connectivity index is 1.35. The van der Waals surface area contributed by atoms with Crippen molar-refractivity contribution in [3.63, 3.8) is 0 Å². The van der Waals surface area contributed by atoms with Gasteiger partial charge in [0.2, 0.25) is 5.91 Å². The van der Waals surface area contributed by atoms with Gasteiger partial charge in [0, 0.05) is 55.4 Å². The first-order valence-corrected chi connectivity index (χ1v) is 10.8. The molecule has 1 aliphatic heterocycles. The monoisotopic (exact) mass is 415 g/mol. The first kappa shape index (κ1) is 20.9. The normalized spacial score (nSPS) is 14.8. The summed E-state index contributed by atoms with van der Waals surface area (Å²) >= 11 is 0.